The minimum Gasteiger partial charge on any atom is -0.377 e. The van der Waals surface area contributed by atoms with E-state index in [4.69, 9.17) is 10.5 Å². The first kappa shape index (κ1) is 13.3. The van der Waals surface area contributed by atoms with Crippen LogP contribution in [0.1, 0.15) is 19.8 Å². The molecule has 2 rings (SSSR count). The lowest BCUT2D eigenvalue weighted by Gasteiger charge is -2.39. The normalized spacial score (nSPS) is 27.5. The zero-order chi connectivity index (χ0) is 13.3. The summed E-state index contributed by atoms with van der Waals surface area (Å²) in [6.45, 7) is 2.89. The van der Waals surface area contributed by atoms with Crippen LogP contribution in [-0.2, 0) is 14.3 Å². The number of hydrogen-bond acceptors (Lipinski definition) is 4. The lowest BCUT2D eigenvalue weighted by molar-refractivity contribution is -0.152. The zero-order valence-corrected chi connectivity index (χ0v) is 10.9. The van der Waals surface area contributed by atoms with Crippen LogP contribution in [0.15, 0.2) is 0 Å². The Hall–Kier alpha value is -1.14. The summed E-state index contributed by atoms with van der Waals surface area (Å²) >= 11 is 0. The third-order valence-electron chi connectivity index (χ3n) is 3.82. The summed E-state index contributed by atoms with van der Waals surface area (Å²) < 4.78 is 5.28. The number of amides is 2. The first-order valence-electron chi connectivity index (χ1n) is 6.37. The molecule has 1 aliphatic carbocycles. The van der Waals surface area contributed by atoms with E-state index in [-0.39, 0.29) is 24.3 Å². The predicted octanol–water partition coefficient (Wildman–Crippen LogP) is -0.913. The molecule has 2 atom stereocenters. The SMILES string of the molecule is CNC(=O)C1COCCN1C(=O)C(C)(N)C1CC1. The van der Waals surface area contributed by atoms with Crippen LogP contribution in [0.2, 0.25) is 0 Å². The second kappa shape index (κ2) is 4.85. The van der Waals surface area contributed by atoms with Gasteiger partial charge in [-0.15, -0.1) is 0 Å². The van der Waals surface area contributed by atoms with Gasteiger partial charge in [0.25, 0.3) is 0 Å². The average molecular weight is 255 g/mol. The molecule has 0 spiro atoms. The maximum Gasteiger partial charge on any atom is 0.244 e. The number of carbonyl (C=O) groups excluding carboxylic acids is 2. The van der Waals surface area contributed by atoms with Crippen LogP contribution in [0.4, 0.5) is 0 Å². The number of morpholine rings is 1. The Labute approximate surface area is 107 Å². The van der Waals surface area contributed by atoms with Crippen molar-refractivity contribution >= 4 is 11.8 Å². The number of ether oxygens (including phenoxy) is 1. The average Bonchev–Trinajstić information content (AvgIpc) is 3.21. The number of carbonyl (C=O) groups is 2. The fourth-order valence-corrected chi connectivity index (χ4v) is 2.40. The standard InChI is InChI=1S/C12H21N3O3/c1-12(13,8-3-4-8)11(17)15-5-6-18-7-9(15)10(16)14-2/h8-9H,3-7,13H2,1-2H3,(H,14,16). The van der Waals surface area contributed by atoms with Crippen molar-refractivity contribution in [1.82, 2.24) is 10.2 Å². The van der Waals surface area contributed by atoms with Crippen LogP contribution < -0.4 is 11.1 Å². The third-order valence-corrected chi connectivity index (χ3v) is 3.82. The number of nitrogens with two attached hydrogens (primary N) is 1. The van der Waals surface area contributed by atoms with E-state index in [1.807, 2.05) is 0 Å². The second-order valence-electron chi connectivity index (χ2n) is 5.26. The monoisotopic (exact) mass is 255 g/mol. The van der Waals surface area contributed by atoms with E-state index in [0.29, 0.717) is 13.2 Å². The molecule has 2 unspecified atom stereocenters. The summed E-state index contributed by atoms with van der Waals surface area (Å²) in [6.07, 6.45) is 1.99. The molecule has 1 aliphatic heterocycles. The van der Waals surface area contributed by atoms with Crippen molar-refractivity contribution in [1.29, 1.82) is 0 Å². The Morgan fingerprint density at radius 2 is 2.11 bits per heavy atom. The van der Waals surface area contributed by atoms with Gasteiger partial charge in [0.15, 0.2) is 0 Å². The number of nitrogens with one attached hydrogen (secondary N) is 1. The summed E-state index contributed by atoms with van der Waals surface area (Å²) in [5.74, 6) is -0.0882. The molecule has 3 N–H and O–H groups in total. The van der Waals surface area contributed by atoms with Gasteiger partial charge in [0, 0.05) is 13.6 Å². The molecule has 1 saturated carbocycles. The van der Waals surface area contributed by atoms with Crippen LogP contribution >= 0.6 is 0 Å². The maximum atomic E-state index is 12.5. The van der Waals surface area contributed by atoms with Crippen LogP contribution in [0.3, 0.4) is 0 Å². The summed E-state index contributed by atoms with van der Waals surface area (Å²) in [5, 5.41) is 2.56. The number of rotatable bonds is 3. The molecular weight excluding hydrogens is 234 g/mol. The van der Waals surface area contributed by atoms with Crippen LogP contribution in [0, 0.1) is 5.92 Å². The zero-order valence-electron chi connectivity index (χ0n) is 10.9. The van der Waals surface area contributed by atoms with Gasteiger partial charge in [-0.2, -0.15) is 0 Å². The number of nitrogens with zero attached hydrogens (tertiary/aromatic N) is 1. The highest BCUT2D eigenvalue weighted by atomic mass is 16.5. The van der Waals surface area contributed by atoms with Gasteiger partial charge in [-0.3, -0.25) is 9.59 Å². The topological polar surface area (TPSA) is 84.7 Å². The van der Waals surface area contributed by atoms with Crippen molar-refractivity contribution in [2.24, 2.45) is 11.7 Å². The van der Waals surface area contributed by atoms with Gasteiger partial charge in [-0.05, 0) is 25.7 Å². The second-order valence-corrected chi connectivity index (χ2v) is 5.26. The maximum absolute atomic E-state index is 12.5. The fourth-order valence-electron chi connectivity index (χ4n) is 2.40. The molecular formula is C12H21N3O3. The fraction of sp³-hybridized carbons (Fsp3) is 0.833. The molecule has 0 aromatic carbocycles. The number of hydrogen-bond donors (Lipinski definition) is 2. The molecule has 0 aromatic heterocycles. The van der Waals surface area contributed by atoms with Crippen molar-refractivity contribution in [3.8, 4) is 0 Å². The van der Waals surface area contributed by atoms with Crippen LogP contribution in [-0.4, -0.2) is 55.1 Å². The van der Waals surface area contributed by atoms with E-state index in [1.165, 1.54) is 0 Å². The molecule has 0 aromatic rings. The van der Waals surface area contributed by atoms with E-state index in [1.54, 1.807) is 18.9 Å². The van der Waals surface area contributed by atoms with Crippen LogP contribution in [0.25, 0.3) is 0 Å². The van der Waals surface area contributed by atoms with Gasteiger partial charge in [0.1, 0.15) is 6.04 Å². The molecule has 102 valence electrons. The van der Waals surface area contributed by atoms with E-state index < -0.39 is 11.6 Å². The largest absolute Gasteiger partial charge is 0.377 e. The highest BCUT2D eigenvalue weighted by Crippen LogP contribution is 2.39. The minimum atomic E-state index is -0.858. The Balaban J connectivity index is 2.13. The molecule has 0 bridgehead atoms. The van der Waals surface area contributed by atoms with E-state index in [0.717, 1.165) is 12.8 Å². The molecule has 2 aliphatic rings. The van der Waals surface area contributed by atoms with E-state index in [2.05, 4.69) is 5.32 Å². The smallest absolute Gasteiger partial charge is 0.244 e. The quantitative estimate of drug-likeness (QED) is 0.683. The number of likely N-dealkylation sites (N-methyl/N-ethyl adjacent to an activating group) is 1. The van der Waals surface area contributed by atoms with E-state index >= 15 is 0 Å². The van der Waals surface area contributed by atoms with Gasteiger partial charge < -0.3 is 20.7 Å². The highest BCUT2D eigenvalue weighted by molar-refractivity contribution is 5.92. The molecule has 2 amide bonds. The molecule has 1 saturated heterocycles. The van der Waals surface area contributed by atoms with Gasteiger partial charge in [-0.25, -0.2) is 0 Å². The lowest BCUT2D eigenvalue weighted by atomic mass is 9.94. The molecule has 0 radical (unpaired) electrons. The Morgan fingerprint density at radius 1 is 1.44 bits per heavy atom. The Kier molecular flexibility index (Phi) is 3.59. The van der Waals surface area contributed by atoms with Gasteiger partial charge in [0.05, 0.1) is 18.8 Å². The lowest BCUT2D eigenvalue weighted by Crippen LogP contribution is -2.63. The van der Waals surface area contributed by atoms with Crippen molar-refractivity contribution in [3.05, 3.63) is 0 Å². The Morgan fingerprint density at radius 3 is 2.67 bits per heavy atom. The Bertz CT molecular complexity index is 352. The van der Waals surface area contributed by atoms with Crippen molar-refractivity contribution in [2.75, 3.05) is 26.8 Å². The predicted molar refractivity (Wildman–Crippen MR) is 65.7 cm³/mol. The van der Waals surface area contributed by atoms with Gasteiger partial charge in [-0.1, -0.05) is 0 Å². The summed E-state index contributed by atoms with van der Waals surface area (Å²) in [4.78, 5) is 25.8. The molecule has 1 heterocycles. The summed E-state index contributed by atoms with van der Waals surface area (Å²) in [7, 11) is 1.56. The van der Waals surface area contributed by atoms with Crippen molar-refractivity contribution in [3.63, 3.8) is 0 Å². The first-order chi connectivity index (χ1) is 8.48. The van der Waals surface area contributed by atoms with Crippen LogP contribution in [0.5, 0.6) is 0 Å². The minimum absolute atomic E-state index is 0.137. The van der Waals surface area contributed by atoms with Crippen molar-refractivity contribution in [2.45, 2.75) is 31.3 Å². The van der Waals surface area contributed by atoms with Crippen molar-refractivity contribution < 1.29 is 14.3 Å². The molecule has 18 heavy (non-hydrogen) atoms. The highest BCUT2D eigenvalue weighted by Gasteiger charge is 2.48. The molecule has 6 heteroatoms. The summed E-state index contributed by atoms with van der Waals surface area (Å²) in [5.41, 5.74) is 5.28. The molecule has 2 fully saturated rings. The third kappa shape index (κ3) is 2.35. The van der Waals surface area contributed by atoms with Gasteiger partial charge in [0.2, 0.25) is 11.8 Å². The first-order valence-corrected chi connectivity index (χ1v) is 6.37. The van der Waals surface area contributed by atoms with Gasteiger partial charge >= 0.3 is 0 Å². The summed E-state index contributed by atoms with van der Waals surface area (Å²) in [6, 6.07) is -0.558. The van der Waals surface area contributed by atoms with E-state index in [9.17, 15) is 9.59 Å². The molecule has 6 nitrogen and oxygen atoms in total.